The Morgan fingerprint density at radius 1 is 1.00 bits per heavy atom. The van der Waals surface area contributed by atoms with E-state index in [4.69, 9.17) is 0 Å². The lowest BCUT2D eigenvalue weighted by atomic mass is 9.85. The average Bonchev–Trinajstić information content (AvgIpc) is 2.22. The lowest BCUT2D eigenvalue weighted by molar-refractivity contribution is 0.0793. The van der Waals surface area contributed by atoms with Crippen LogP contribution in [0.2, 0.25) is 0 Å². The molecule has 88 valence electrons. The summed E-state index contributed by atoms with van der Waals surface area (Å²) in [5, 5.41) is 13.6. The smallest absolute Gasteiger partial charge is 0.0693 e. The van der Waals surface area contributed by atoms with Crippen LogP contribution in [0.25, 0.3) is 0 Å². The first-order valence-electron chi connectivity index (χ1n) is 6.70. The van der Waals surface area contributed by atoms with Gasteiger partial charge in [-0.3, -0.25) is 0 Å². The minimum Gasteiger partial charge on any atom is -0.392 e. The number of nitrogens with one attached hydrogen (secondary N) is 1. The Hall–Kier alpha value is -0.0800. The molecule has 2 rings (SSSR count). The van der Waals surface area contributed by atoms with Gasteiger partial charge in [0.1, 0.15) is 0 Å². The second-order valence-corrected chi connectivity index (χ2v) is 5.59. The molecule has 0 amide bonds. The summed E-state index contributed by atoms with van der Waals surface area (Å²) < 4.78 is 0. The summed E-state index contributed by atoms with van der Waals surface area (Å²) in [5.41, 5.74) is 0. The van der Waals surface area contributed by atoms with Crippen molar-refractivity contribution in [2.75, 3.05) is 0 Å². The van der Waals surface area contributed by atoms with Crippen LogP contribution in [0.5, 0.6) is 0 Å². The van der Waals surface area contributed by atoms with Crippen LogP contribution in [0.15, 0.2) is 0 Å². The Balaban J connectivity index is 1.79. The summed E-state index contributed by atoms with van der Waals surface area (Å²) in [6, 6.07) is 1.06. The standard InChI is InChI=1S/C13H25NO/c1-10-5-4-6-11(9-10)14-12-7-2-3-8-13(12)15/h10-15H,2-9H2,1H3/t10-,11-,12-,13+/m1/s1. The molecule has 4 atom stereocenters. The number of hydrogen-bond donors (Lipinski definition) is 2. The third kappa shape index (κ3) is 3.18. The van der Waals surface area contributed by atoms with E-state index in [-0.39, 0.29) is 6.10 Å². The van der Waals surface area contributed by atoms with E-state index in [0.717, 1.165) is 12.3 Å². The van der Waals surface area contributed by atoms with E-state index in [9.17, 15) is 5.11 Å². The molecule has 0 aromatic heterocycles. The maximum absolute atomic E-state index is 9.90. The third-order valence-corrected chi connectivity index (χ3v) is 4.12. The van der Waals surface area contributed by atoms with Crippen LogP contribution in [0.3, 0.4) is 0 Å². The molecule has 2 fully saturated rings. The fraction of sp³-hybridized carbons (Fsp3) is 1.00. The molecule has 0 aliphatic heterocycles. The summed E-state index contributed by atoms with van der Waals surface area (Å²) in [5.74, 6) is 0.872. The van der Waals surface area contributed by atoms with Crippen LogP contribution in [0, 0.1) is 5.92 Å². The molecule has 0 unspecified atom stereocenters. The molecule has 0 aromatic rings. The summed E-state index contributed by atoms with van der Waals surface area (Å²) in [6.45, 7) is 2.35. The van der Waals surface area contributed by atoms with E-state index >= 15 is 0 Å². The van der Waals surface area contributed by atoms with Gasteiger partial charge in [0.05, 0.1) is 6.10 Å². The van der Waals surface area contributed by atoms with Crippen LogP contribution < -0.4 is 5.32 Å². The van der Waals surface area contributed by atoms with Crippen LogP contribution in [0.1, 0.15) is 58.3 Å². The van der Waals surface area contributed by atoms with E-state index in [1.54, 1.807) is 0 Å². The zero-order chi connectivity index (χ0) is 10.7. The van der Waals surface area contributed by atoms with Gasteiger partial charge in [0.15, 0.2) is 0 Å². The van der Waals surface area contributed by atoms with Crippen molar-refractivity contribution >= 4 is 0 Å². The van der Waals surface area contributed by atoms with Gasteiger partial charge < -0.3 is 10.4 Å². The number of aliphatic hydroxyl groups excluding tert-OH is 1. The first kappa shape index (κ1) is 11.4. The van der Waals surface area contributed by atoms with Gasteiger partial charge in [0.25, 0.3) is 0 Å². The first-order chi connectivity index (χ1) is 7.25. The van der Waals surface area contributed by atoms with Crippen molar-refractivity contribution in [3.63, 3.8) is 0 Å². The van der Waals surface area contributed by atoms with Crippen molar-refractivity contribution in [3.05, 3.63) is 0 Å². The molecule has 0 aromatic carbocycles. The van der Waals surface area contributed by atoms with E-state index < -0.39 is 0 Å². The maximum atomic E-state index is 9.90. The summed E-state index contributed by atoms with van der Waals surface area (Å²) in [6.07, 6.45) is 9.96. The quantitative estimate of drug-likeness (QED) is 0.735. The van der Waals surface area contributed by atoms with E-state index in [1.165, 1.54) is 44.9 Å². The Morgan fingerprint density at radius 2 is 1.80 bits per heavy atom. The van der Waals surface area contributed by atoms with Gasteiger partial charge in [-0.05, 0) is 31.6 Å². The highest BCUT2D eigenvalue weighted by Gasteiger charge is 2.27. The maximum Gasteiger partial charge on any atom is 0.0693 e. The van der Waals surface area contributed by atoms with E-state index in [1.807, 2.05) is 0 Å². The summed E-state index contributed by atoms with van der Waals surface area (Å²) >= 11 is 0. The van der Waals surface area contributed by atoms with Gasteiger partial charge in [0.2, 0.25) is 0 Å². The molecule has 2 nitrogen and oxygen atoms in total. The molecule has 2 heteroatoms. The van der Waals surface area contributed by atoms with E-state index in [2.05, 4.69) is 12.2 Å². The second kappa shape index (κ2) is 5.31. The second-order valence-electron chi connectivity index (χ2n) is 5.59. The Morgan fingerprint density at radius 3 is 2.53 bits per heavy atom. The van der Waals surface area contributed by atoms with Crippen molar-refractivity contribution in [1.29, 1.82) is 0 Å². The molecule has 0 bridgehead atoms. The van der Waals surface area contributed by atoms with Crippen LogP contribution in [0.4, 0.5) is 0 Å². The third-order valence-electron chi connectivity index (χ3n) is 4.12. The van der Waals surface area contributed by atoms with Gasteiger partial charge in [-0.1, -0.05) is 32.6 Å². The molecule has 0 saturated heterocycles. The number of hydrogen-bond acceptors (Lipinski definition) is 2. The Bertz CT molecular complexity index is 195. The van der Waals surface area contributed by atoms with Crippen LogP contribution in [-0.2, 0) is 0 Å². The Kier molecular flexibility index (Phi) is 4.04. The predicted molar refractivity (Wildman–Crippen MR) is 62.8 cm³/mol. The zero-order valence-corrected chi connectivity index (χ0v) is 9.91. The molecule has 0 heterocycles. The monoisotopic (exact) mass is 211 g/mol. The van der Waals surface area contributed by atoms with Crippen molar-refractivity contribution in [1.82, 2.24) is 5.32 Å². The number of aliphatic hydroxyl groups is 1. The molecule has 2 aliphatic rings. The predicted octanol–water partition coefficient (Wildman–Crippen LogP) is 2.46. The normalized spacial score (nSPS) is 42.8. The first-order valence-corrected chi connectivity index (χ1v) is 6.70. The van der Waals surface area contributed by atoms with E-state index in [0.29, 0.717) is 12.1 Å². The SMILES string of the molecule is C[C@@H]1CCC[C@@H](N[C@@H]2CCCC[C@@H]2O)C1. The minimum absolute atomic E-state index is 0.0871. The van der Waals surface area contributed by atoms with Gasteiger partial charge in [-0.15, -0.1) is 0 Å². The average molecular weight is 211 g/mol. The molecular formula is C13H25NO. The minimum atomic E-state index is -0.0871. The van der Waals surface area contributed by atoms with Crippen molar-refractivity contribution < 1.29 is 5.11 Å². The molecular weight excluding hydrogens is 186 g/mol. The van der Waals surface area contributed by atoms with Gasteiger partial charge >= 0.3 is 0 Å². The van der Waals surface area contributed by atoms with Gasteiger partial charge in [-0.2, -0.15) is 0 Å². The van der Waals surface area contributed by atoms with Gasteiger partial charge in [-0.25, -0.2) is 0 Å². The molecule has 2 aliphatic carbocycles. The molecule has 2 N–H and O–H groups in total. The fourth-order valence-corrected chi connectivity index (χ4v) is 3.19. The highest BCUT2D eigenvalue weighted by Crippen LogP contribution is 2.26. The van der Waals surface area contributed by atoms with Crippen LogP contribution >= 0.6 is 0 Å². The largest absolute Gasteiger partial charge is 0.392 e. The summed E-state index contributed by atoms with van der Waals surface area (Å²) in [7, 11) is 0. The molecule has 0 radical (unpaired) electrons. The van der Waals surface area contributed by atoms with Crippen molar-refractivity contribution in [2.45, 2.75) is 76.5 Å². The lowest BCUT2D eigenvalue weighted by Crippen LogP contribution is -2.48. The summed E-state index contributed by atoms with van der Waals surface area (Å²) in [4.78, 5) is 0. The highest BCUT2D eigenvalue weighted by molar-refractivity contribution is 4.85. The zero-order valence-electron chi connectivity index (χ0n) is 9.91. The van der Waals surface area contributed by atoms with Crippen LogP contribution in [-0.4, -0.2) is 23.3 Å². The van der Waals surface area contributed by atoms with Gasteiger partial charge in [0, 0.05) is 12.1 Å². The lowest BCUT2D eigenvalue weighted by Gasteiger charge is -2.35. The Labute approximate surface area is 93.5 Å². The topological polar surface area (TPSA) is 32.3 Å². The molecule has 0 spiro atoms. The highest BCUT2D eigenvalue weighted by atomic mass is 16.3. The number of rotatable bonds is 2. The fourth-order valence-electron chi connectivity index (χ4n) is 3.19. The molecule has 2 saturated carbocycles. The molecule has 15 heavy (non-hydrogen) atoms. The van der Waals surface area contributed by atoms with Crippen molar-refractivity contribution in [3.8, 4) is 0 Å². The van der Waals surface area contributed by atoms with Crippen molar-refractivity contribution in [2.24, 2.45) is 5.92 Å².